The van der Waals surface area contributed by atoms with Crippen molar-refractivity contribution >= 4 is 0 Å². The quantitative estimate of drug-likeness (QED) is 0.181. The highest BCUT2D eigenvalue weighted by Crippen LogP contribution is 2.71. The predicted octanol–water partition coefficient (Wildman–Crippen LogP) is 19.5. The molecule has 0 bridgehead atoms. The van der Waals surface area contributed by atoms with Crippen molar-refractivity contribution in [2.75, 3.05) is 0 Å². The van der Waals surface area contributed by atoms with Gasteiger partial charge in [0.25, 0.3) is 0 Å². The summed E-state index contributed by atoms with van der Waals surface area (Å²) in [5.41, 5.74) is 13.5. The van der Waals surface area contributed by atoms with Crippen LogP contribution in [0.15, 0.2) is 179 Å². The van der Waals surface area contributed by atoms with Gasteiger partial charge < -0.3 is 14.5 Å². The summed E-state index contributed by atoms with van der Waals surface area (Å²) in [7, 11) is 0. The largest absolute Gasteiger partial charge is 0.490 e. The summed E-state index contributed by atoms with van der Waals surface area (Å²) < 4.78 is 6.87. The lowest BCUT2D eigenvalue weighted by Crippen LogP contribution is -2.43. The Morgan fingerprint density at radius 2 is 1.44 bits per heavy atom. The smallest absolute Gasteiger partial charge is 0.120 e. The standard InChI is InChI=1S/C75H96N2O/c1-2-52-34-44-61(45-35-52)78-62-46-39-57(40-47-62)75(69-30-16-12-26-63(69)54-20-6-3-7-21-54)70-31-17-13-28-65(70)66-48-43-60(51-71(66)75)76(72-32-18-14-27-64(72)55-22-8-4-9-23-55)59-41-36-53(37-42-59)56-38-49-74-68(50-56)67-29-15-19-33-73(67)77(74)58-24-10-5-11-25-58/h2-3,5-6,10,12,14,16,18,30,32-35,39,41,44,46,50-51,53-55,58,61,63-68,70-71,74H,1,4,7-9,11,13,15,17,19-29,31,36-38,40,42-43,45,47-49H2. The molecule has 1 aliphatic heterocycles. The Hall–Kier alpha value is -4.50. The van der Waals surface area contributed by atoms with E-state index in [0.29, 0.717) is 35.6 Å². The van der Waals surface area contributed by atoms with Crippen LogP contribution < -0.4 is 0 Å². The Morgan fingerprint density at radius 3 is 2.23 bits per heavy atom. The minimum Gasteiger partial charge on any atom is -0.490 e. The van der Waals surface area contributed by atoms with Crippen molar-refractivity contribution in [1.82, 2.24) is 9.80 Å². The minimum absolute atomic E-state index is 0.0376. The molecule has 0 spiro atoms. The normalized spacial score (nSPS) is 39.4. The van der Waals surface area contributed by atoms with Gasteiger partial charge in [-0.1, -0.05) is 159 Å². The summed E-state index contributed by atoms with van der Waals surface area (Å²) in [6, 6.07) is 1.43. The van der Waals surface area contributed by atoms with Crippen molar-refractivity contribution in [2.45, 2.75) is 211 Å². The van der Waals surface area contributed by atoms with Crippen molar-refractivity contribution in [3.05, 3.63) is 179 Å². The van der Waals surface area contributed by atoms with Crippen LogP contribution in [-0.4, -0.2) is 28.0 Å². The average Bonchev–Trinajstić information content (AvgIpc) is 4.17. The van der Waals surface area contributed by atoms with E-state index in [9.17, 15) is 0 Å². The first kappa shape index (κ1) is 51.6. The number of hydrogen-bond acceptors (Lipinski definition) is 3. The molecule has 3 nitrogen and oxygen atoms in total. The molecule has 1 saturated heterocycles. The molecule has 0 radical (unpaired) electrons. The van der Waals surface area contributed by atoms with Gasteiger partial charge in [0.15, 0.2) is 0 Å². The lowest BCUT2D eigenvalue weighted by Gasteiger charge is -2.52. The van der Waals surface area contributed by atoms with Gasteiger partial charge in [-0.15, -0.1) is 0 Å². The third-order valence-corrected chi connectivity index (χ3v) is 23.8. The van der Waals surface area contributed by atoms with Gasteiger partial charge in [0, 0.05) is 70.9 Å². The van der Waals surface area contributed by atoms with Crippen LogP contribution in [0.25, 0.3) is 0 Å². The van der Waals surface area contributed by atoms with Crippen molar-refractivity contribution in [1.29, 1.82) is 0 Å². The number of allylic oxidation sites excluding steroid dienone is 25. The fourth-order valence-electron chi connectivity index (χ4n) is 20.4. The summed E-state index contributed by atoms with van der Waals surface area (Å²) in [6.07, 6.45) is 89.7. The molecule has 14 rings (SSSR count). The molecule has 0 N–H and O–H groups in total. The minimum atomic E-state index is 0.0376. The van der Waals surface area contributed by atoms with E-state index in [4.69, 9.17) is 4.74 Å². The molecule has 412 valence electrons. The average molecular weight is 1040 g/mol. The van der Waals surface area contributed by atoms with Crippen molar-refractivity contribution in [3.63, 3.8) is 0 Å². The maximum absolute atomic E-state index is 6.87. The second-order valence-corrected chi connectivity index (χ2v) is 27.4. The van der Waals surface area contributed by atoms with Crippen LogP contribution in [0.3, 0.4) is 0 Å². The van der Waals surface area contributed by atoms with E-state index >= 15 is 0 Å². The van der Waals surface area contributed by atoms with Gasteiger partial charge in [-0.2, -0.15) is 0 Å². The van der Waals surface area contributed by atoms with E-state index < -0.39 is 0 Å². The van der Waals surface area contributed by atoms with Gasteiger partial charge in [-0.3, -0.25) is 0 Å². The van der Waals surface area contributed by atoms with Crippen molar-refractivity contribution in [3.8, 4) is 0 Å². The Balaban J connectivity index is 0.843. The molecule has 0 aromatic rings. The first-order valence-electron chi connectivity index (χ1n) is 33.1. The molecule has 1 heterocycles. The summed E-state index contributed by atoms with van der Waals surface area (Å²) >= 11 is 0. The maximum atomic E-state index is 6.87. The monoisotopic (exact) mass is 1040 g/mol. The topological polar surface area (TPSA) is 15.7 Å². The highest BCUT2D eigenvalue weighted by Gasteiger charge is 2.64. The molecule has 14 atom stereocenters. The molecule has 78 heavy (non-hydrogen) atoms. The van der Waals surface area contributed by atoms with Gasteiger partial charge in [-0.25, -0.2) is 0 Å². The second-order valence-electron chi connectivity index (χ2n) is 27.4. The van der Waals surface area contributed by atoms with Gasteiger partial charge in [0.05, 0.1) is 5.76 Å². The Morgan fingerprint density at radius 1 is 0.590 bits per heavy atom. The van der Waals surface area contributed by atoms with E-state index in [1.807, 2.05) is 17.2 Å². The van der Waals surface area contributed by atoms with Crippen molar-refractivity contribution in [2.24, 2.45) is 70.5 Å². The number of rotatable bonds is 12. The fourth-order valence-corrected chi connectivity index (χ4v) is 20.4. The molecule has 3 saturated carbocycles. The van der Waals surface area contributed by atoms with E-state index in [0.717, 1.165) is 60.8 Å². The number of likely N-dealkylation sites (tertiary alicyclic amines) is 1. The number of fused-ring (bicyclic) bond motifs is 6. The molecule has 13 aliphatic carbocycles. The molecule has 3 heteroatoms. The van der Waals surface area contributed by atoms with Gasteiger partial charge >= 0.3 is 0 Å². The number of nitrogens with zero attached hydrogens (tertiary/aromatic N) is 2. The third-order valence-electron chi connectivity index (χ3n) is 23.8. The zero-order chi connectivity index (χ0) is 52.0. The second kappa shape index (κ2) is 22.8. The highest BCUT2D eigenvalue weighted by atomic mass is 16.5. The molecule has 0 aromatic heterocycles. The van der Waals surface area contributed by atoms with Crippen LogP contribution >= 0.6 is 0 Å². The molecule has 14 unspecified atom stereocenters. The molecule has 0 aromatic carbocycles. The SMILES string of the molecule is C=CC1=CCC(OC2=CC=C(C3(C4=CC=CCC4C4CC=CCC4)C4C=C(N(C5=CCC(C6=CC7C8CCCC=C8N(C8CC=CCC8)C7CC6)CC5)C5=CC=CCC5C5CCCCC5)CCC4C4CCCCC43)CC2)C=C1. The maximum Gasteiger partial charge on any atom is 0.120 e. The zero-order valence-corrected chi connectivity index (χ0v) is 47.9. The Kier molecular flexibility index (Phi) is 15.1. The van der Waals surface area contributed by atoms with Crippen LogP contribution in [0.1, 0.15) is 193 Å². The number of hydrogen-bond donors (Lipinski definition) is 0. The molecular weight excluding hydrogens is 945 g/mol. The zero-order valence-electron chi connectivity index (χ0n) is 47.9. The number of ether oxygens (including phenoxy) is 1. The summed E-state index contributed by atoms with van der Waals surface area (Å²) in [6.45, 7) is 4.03. The predicted molar refractivity (Wildman–Crippen MR) is 324 cm³/mol. The Bertz CT molecular complexity index is 2730. The lowest BCUT2D eigenvalue weighted by molar-refractivity contribution is 0.135. The fraction of sp³-hybridized carbons (Fsp3) is 0.600. The van der Waals surface area contributed by atoms with Gasteiger partial charge in [0.2, 0.25) is 0 Å². The van der Waals surface area contributed by atoms with Gasteiger partial charge in [-0.05, 0) is 219 Å². The first-order valence-corrected chi connectivity index (χ1v) is 33.1. The third kappa shape index (κ3) is 9.49. The summed E-state index contributed by atoms with van der Waals surface area (Å²) in [5.74, 6) is 8.83. The first-order chi connectivity index (χ1) is 38.6. The molecule has 4 fully saturated rings. The highest BCUT2D eigenvalue weighted by molar-refractivity contribution is 5.48. The summed E-state index contributed by atoms with van der Waals surface area (Å²) in [5, 5.41) is 0. The molecule has 14 aliphatic rings. The van der Waals surface area contributed by atoms with Crippen LogP contribution in [-0.2, 0) is 4.74 Å². The molecule has 0 amide bonds. The van der Waals surface area contributed by atoms with Crippen LogP contribution in [0.2, 0.25) is 0 Å². The molecular formula is C75H96N2O. The lowest BCUT2D eigenvalue weighted by atomic mass is 9.52. The van der Waals surface area contributed by atoms with Crippen molar-refractivity contribution < 1.29 is 4.74 Å². The van der Waals surface area contributed by atoms with E-state index in [-0.39, 0.29) is 11.5 Å². The van der Waals surface area contributed by atoms with Crippen LogP contribution in [0.4, 0.5) is 0 Å². The van der Waals surface area contributed by atoms with Crippen LogP contribution in [0, 0.1) is 70.5 Å². The van der Waals surface area contributed by atoms with E-state index in [1.54, 1.807) is 28.4 Å². The Labute approximate surface area is 472 Å². The van der Waals surface area contributed by atoms with Gasteiger partial charge in [0.1, 0.15) is 6.10 Å². The van der Waals surface area contributed by atoms with E-state index in [2.05, 4.69) is 132 Å². The summed E-state index contributed by atoms with van der Waals surface area (Å²) in [4.78, 5) is 6.06. The van der Waals surface area contributed by atoms with E-state index in [1.165, 1.54) is 185 Å². The van der Waals surface area contributed by atoms with Crippen LogP contribution in [0.5, 0.6) is 0 Å².